The van der Waals surface area contributed by atoms with E-state index >= 15 is 0 Å². The first-order valence-corrected chi connectivity index (χ1v) is 7.75. The highest BCUT2D eigenvalue weighted by molar-refractivity contribution is 5.37. The highest BCUT2D eigenvalue weighted by Gasteiger charge is 2.14. The molecule has 0 unspecified atom stereocenters. The third kappa shape index (κ3) is 3.17. The number of ether oxygens (including phenoxy) is 1. The minimum Gasteiger partial charge on any atom is -0.494 e. The summed E-state index contributed by atoms with van der Waals surface area (Å²) < 4.78 is 7.88. The van der Waals surface area contributed by atoms with Gasteiger partial charge in [0.05, 0.1) is 6.61 Å². The fraction of sp³-hybridized carbons (Fsp3) is 0.500. The van der Waals surface area contributed by atoms with E-state index in [1.165, 1.54) is 19.3 Å². The van der Waals surface area contributed by atoms with Crippen molar-refractivity contribution >= 4 is 5.95 Å². The van der Waals surface area contributed by atoms with Crippen molar-refractivity contribution in [1.82, 2.24) is 14.8 Å². The summed E-state index contributed by atoms with van der Waals surface area (Å²) in [5.74, 6) is 2.91. The number of hydrogen-bond donors (Lipinski definition) is 1. The van der Waals surface area contributed by atoms with Crippen LogP contribution in [0.2, 0.25) is 0 Å². The molecule has 112 valence electrons. The molecule has 0 atom stereocenters. The zero-order valence-corrected chi connectivity index (χ0v) is 12.5. The summed E-state index contributed by atoms with van der Waals surface area (Å²) >= 11 is 0. The highest BCUT2D eigenvalue weighted by Crippen LogP contribution is 2.21. The number of aromatic nitrogens is 3. The Morgan fingerprint density at radius 3 is 3.00 bits per heavy atom. The first-order valence-electron chi connectivity index (χ1n) is 7.75. The van der Waals surface area contributed by atoms with Gasteiger partial charge in [0.2, 0.25) is 5.95 Å². The van der Waals surface area contributed by atoms with Gasteiger partial charge in [0.1, 0.15) is 11.6 Å². The fourth-order valence-corrected chi connectivity index (χ4v) is 2.74. The van der Waals surface area contributed by atoms with Gasteiger partial charge in [-0.15, -0.1) is 10.2 Å². The van der Waals surface area contributed by atoms with Crippen molar-refractivity contribution in [2.45, 2.75) is 45.7 Å². The Morgan fingerprint density at radius 2 is 2.10 bits per heavy atom. The largest absolute Gasteiger partial charge is 0.494 e. The predicted octanol–water partition coefficient (Wildman–Crippen LogP) is 3.02. The van der Waals surface area contributed by atoms with Crippen molar-refractivity contribution in [3.8, 4) is 5.75 Å². The molecule has 1 aliphatic heterocycles. The molecule has 0 saturated heterocycles. The smallest absolute Gasteiger partial charge is 0.224 e. The van der Waals surface area contributed by atoms with Crippen LogP contribution in [0, 0.1) is 0 Å². The van der Waals surface area contributed by atoms with E-state index < -0.39 is 0 Å². The maximum Gasteiger partial charge on any atom is 0.224 e. The fourth-order valence-electron chi connectivity index (χ4n) is 2.74. The monoisotopic (exact) mass is 286 g/mol. The summed E-state index contributed by atoms with van der Waals surface area (Å²) in [7, 11) is 0. The molecule has 3 rings (SSSR count). The second-order valence-corrected chi connectivity index (χ2v) is 5.30. The van der Waals surface area contributed by atoms with Crippen molar-refractivity contribution in [2.75, 3.05) is 11.9 Å². The van der Waals surface area contributed by atoms with Crippen LogP contribution in [0.3, 0.4) is 0 Å². The van der Waals surface area contributed by atoms with Crippen molar-refractivity contribution in [3.63, 3.8) is 0 Å². The van der Waals surface area contributed by atoms with Crippen LogP contribution in [0.5, 0.6) is 5.75 Å². The summed E-state index contributed by atoms with van der Waals surface area (Å²) in [4.78, 5) is 0. The van der Waals surface area contributed by atoms with Gasteiger partial charge in [0, 0.05) is 25.1 Å². The molecule has 5 nitrogen and oxygen atoms in total. The van der Waals surface area contributed by atoms with Gasteiger partial charge in [-0.2, -0.15) is 0 Å². The van der Waals surface area contributed by atoms with E-state index in [-0.39, 0.29) is 0 Å². The molecule has 0 amide bonds. The van der Waals surface area contributed by atoms with E-state index in [4.69, 9.17) is 4.74 Å². The Morgan fingerprint density at radius 1 is 1.19 bits per heavy atom. The zero-order chi connectivity index (χ0) is 14.5. The molecule has 0 fully saturated rings. The Bertz CT molecular complexity index is 594. The molecule has 0 saturated carbocycles. The summed E-state index contributed by atoms with van der Waals surface area (Å²) in [6.45, 7) is 4.39. The molecular weight excluding hydrogens is 264 g/mol. The van der Waals surface area contributed by atoms with Crippen LogP contribution in [-0.4, -0.2) is 21.4 Å². The molecule has 0 spiro atoms. The van der Waals surface area contributed by atoms with Gasteiger partial charge in [0.25, 0.3) is 0 Å². The molecule has 1 aromatic heterocycles. The van der Waals surface area contributed by atoms with Crippen LogP contribution in [0.1, 0.15) is 37.6 Å². The molecule has 21 heavy (non-hydrogen) atoms. The third-order valence-electron chi connectivity index (χ3n) is 3.82. The molecule has 0 bridgehead atoms. The maximum atomic E-state index is 5.66. The first-order chi connectivity index (χ1) is 10.4. The number of rotatable bonds is 5. The standard InChI is InChI=1S/C16H22N4O/c1-2-21-14-9-6-5-8-13(14)12-17-16-19-18-15-10-4-3-7-11-20(15)16/h5-6,8-9H,2-4,7,10-12H2,1H3,(H,17,19). The van der Waals surface area contributed by atoms with E-state index in [1.54, 1.807) is 0 Å². The van der Waals surface area contributed by atoms with Gasteiger partial charge < -0.3 is 10.1 Å². The number of fused-ring (bicyclic) bond motifs is 1. The number of nitrogens with zero attached hydrogens (tertiary/aromatic N) is 3. The quantitative estimate of drug-likeness (QED) is 0.918. The SMILES string of the molecule is CCOc1ccccc1CNc1nnc2n1CCCCC2. The van der Waals surface area contributed by atoms with E-state index in [0.717, 1.165) is 36.1 Å². The van der Waals surface area contributed by atoms with Crippen LogP contribution in [0.15, 0.2) is 24.3 Å². The Hall–Kier alpha value is -2.04. The summed E-state index contributed by atoms with van der Waals surface area (Å²) in [6, 6.07) is 8.12. The Balaban J connectivity index is 1.72. The molecule has 0 radical (unpaired) electrons. The topological polar surface area (TPSA) is 52.0 Å². The lowest BCUT2D eigenvalue weighted by Gasteiger charge is -2.12. The minimum atomic E-state index is 0.678. The molecule has 5 heteroatoms. The number of anilines is 1. The minimum absolute atomic E-state index is 0.678. The van der Waals surface area contributed by atoms with Crippen molar-refractivity contribution in [1.29, 1.82) is 0 Å². The molecule has 1 aliphatic rings. The number of benzene rings is 1. The molecule has 2 heterocycles. The number of para-hydroxylation sites is 1. The van der Waals surface area contributed by atoms with Gasteiger partial charge in [-0.05, 0) is 25.8 Å². The van der Waals surface area contributed by atoms with Crippen LogP contribution in [-0.2, 0) is 19.5 Å². The lowest BCUT2D eigenvalue weighted by atomic mass is 10.2. The Kier molecular flexibility index (Phi) is 4.38. The van der Waals surface area contributed by atoms with Gasteiger partial charge in [-0.3, -0.25) is 4.57 Å². The zero-order valence-electron chi connectivity index (χ0n) is 12.5. The number of nitrogens with one attached hydrogen (secondary N) is 1. The van der Waals surface area contributed by atoms with Crippen molar-refractivity contribution in [3.05, 3.63) is 35.7 Å². The predicted molar refractivity (Wildman–Crippen MR) is 82.5 cm³/mol. The van der Waals surface area contributed by atoms with Crippen LogP contribution >= 0.6 is 0 Å². The summed E-state index contributed by atoms with van der Waals surface area (Å²) in [5, 5.41) is 12.0. The molecular formula is C16H22N4O. The third-order valence-corrected chi connectivity index (χ3v) is 3.82. The van der Waals surface area contributed by atoms with E-state index in [1.807, 2.05) is 25.1 Å². The Labute approximate surface area is 125 Å². The lowest BCUT2D eigenvalue weighted by molar-refractivity contribution is 0.337. The van der Waals surface area contributed by atoms with E-state index in [9.17, 15) is 0 Å². The lowest BCUT2D eigenvalue weighted by Crippen LogP contribution is -2.10. The number of aryl methyl sites for hydroxylation is 1. The summed E-state index contributed by atoms with van der Waals surface area (Å²) in [5.41, 5.74) is 1.14. The molecule has 1 N–H and O–H groups in total. The molecule has 1 aromatic carbocycles. The van der Waals surface area contributed by atoms with Crippen LogP contribution in [0.4, 0.5) is 5.95 Å². The highest BCUT2D eigenvalue weighted by atomic mass is 16.5. The van der Waals surface area contributed by atoms with Crippen molar-refractivity contribution in [2.24, 2.45) is 0 Å². The van der Waals surface area contributed by atoms with E-state index in [2.05, 4.69) is 26.1 Å². The second-order valence-electron chi connectivity index (χ2n) is 5.30. The second kappa shape index (κ2) is 6.61. The average Bonchev–Trinajstić information content (AvgIpc) is 2.74. The van der Waals surface area contributed by atoms with Crippen LogP contribution in [0.25, 0.3) is 0 Å². The van der Waals surface area contributed by atoms with E-state index in [0.29, 0.717) is 13.2 Å². The molecule has 0 aliphatic carbocycles. The van der Waals surface area contributed by atoms with Gasteiger partial charge >= 0.3 is 0 Å². The maximum absolute atomic E-state index is 5.66. The average molecular weight is 286 g/mol. The normalized spacial score (nSPS) is 14.3. The van der Waals surface area contributed by atoms with Gasteiger partial charge in [-0.25, -0.2) is 0 Å². The van der Waals surface area contributed by atoms with Crippen molar-refractivity contribution < 1.29 is 4.74 Å². The van der Waals surface area contributed by atoms with Gasteiger partial charge in [-0.1, -0.05) is 24.6 Å². The summed E-state index contributed by atoms with van der Waals surface area (Å²) in [6.07, 6.45) is 4.72. The number of hydrogen-bond acceptors (Lipinski definition) is 4. The van der Waals surface area contributed by atoms with Gasteiger partial charge in [0.15, 0.2) is 0 Å². The molecule has 2 aromatic rings. The van der Waals surface area contributed by atoms with Crippen LogP contribution < -0.4 is 10.1 Å². The first kappa shape index (κ1) is 13.9.